The number of carbonyl (C=O) groups excluding carboxylic acids is 4. The maximum absolute atomic E-state index is 13.2. The molecule has 4 heterocycles. The van der Waals surface area contributed by atoms with E-state index in [1.807, 2.05) is 11.0 Å². The Balaban J connectivity index is 1.21. The Labute approximate surface area is 200 Å². The van der Waals surface area contributed by atoms with Crippen LogP contribution in [0.3, 0.4) is 0 Å². The number of carbonyl (C=O) groups is 4. The fraction of sp³-hybridized carbons (Fsp3) is 0.458. The molecule has 11 nitrogen and oxygen atoms in total. The van der Waals surface area contributed by atoms with Crippen LogP contribution in [0.15, 0.2) is 24.4 Å². The molecule has 2 unspecified atom stereocenters. The fourth-order valence-corrected chi connectivity index (χ4v) is 5.55. The van der Waals surface area contributed by atoms with Gasteiger partial charge in [-0.3, -0.25) is 24.5 Å². The Morgan fingerprint density at radius 2 is 2.03 bits per heavy atom. The number of nitrogens with one attached hydrogen (secondary N) is 1. The standard InChI is InChI=1S/C24H23N7O4/c25-11-14-5-8-30(24(10-14)6-7-24)23(35)18-13-31(28-27-18)16-2-1-15-12-29(22(34)17(15)9-16)19-3-4-20(32)26-21(19)33/h1-2,9,13-14,19H,3-8,10,12H2,(H,26,32,33). The van der Waals surface area contributed by atoms with Crippen LogP contribution in [0, 0.1) is 17.2 Å². The number of benzene rings is 1. The zero-order chi connectivity index (χ0) is 24.3. The Bertz CT molecular complexity index is 1320. The molecule has 1 aromatic carbocycles. The number of fused-ring (bicyclic) bond motifs is 1. The highest BCUT2D eigenvalue weighted by atomic mass is 16.2. The van der Waals surface area contributed by atoms with E-state index in [0.29, 0.717) is 43.6 Å². The first-order valence-corrected chi connectivity index (χ1v) is 11.8. The molecule has 0 radical (unpaired) electrons. The second kappa shape index (κ2) is 7.73. The summed E-state index contributed by atoms with van der Waals surface area (Å²) in [6, 6.07) is 6.96. The Kier molecular flexibility index (Phi) is 4.74. The summed E-state index contributed by atoms with van der Waals surface area (Å²) in [7, 11) is 0. The Morgan fingerprint density at radius 3 is 2.77 bits per heavy atom. The van der Waals surface area contributed by atoms with E-state index in [0.717, 1.165) is 18.4 Å². The molecular weight excluding hydrogens is 450 g/mol. The van der Waals surface area contributed by atoms with Crippen molar-refractivity contribution in [2.75, 3.05) is 6.54 Å². The normalized spacial score (nSPS) is 24.8. The molecule has 6 rings (SSSR count). The number of amides is 4. The molecule has 3 aliphatic heterocycles. The first-order chi connectivity index (χ1) is 16.9. The van der Waals surface area contributed by atoms with Crippen LogP contribution >= 0.6 is 0 Å². The molecule has 1 aromatic heterocycles. The average Bonchev–Trinajstić information content (AvgIpc) is 3.29. The molecule has 4 amide bonds. The number of nitriles is 1. The second-order valence-corrected chi connectivity index (χ2v) is 9.79. The Hall–Kier alpha value is -4.07. The van der Waals surface area contributed by atoms with Crippen LogP contribution in [-0.2, 0) is 16.1 Å². The number of likely N-dealkylation sites (tertiary alicyclic amines) is 1. The molecule has 2 atom stereocenters. The van der Waals surface area contributed by atoms with E-state index in [9.17, 15) is 24.4 Å². The summed E-state index contributed by atoms with van der Waals surface area (Å²) >= 11 is 0. The van der Waals surface area contributed by atoms with Gasteiger partial charge in [-0.05, 0) is 49.8 Å². The molecule has 1 spiro atoms. The number of imide groups is 1. The van der Waals surface area contributed by atoms with Crippen molar-refractivity contribution in [2.24, 2.45) is 5.92 Å². The Morgan fingerprint density at radius 1 is 1.20 bits per heavy atom. The second-order valence-electron chi connectivity index (χ2n) is 9.79. The number of aromatic nitrogens is 3. The molecule has 178 valence electrons. The lowest BCUT2D eigenvalue weighted by Crippen LogP contribution is -2.52. The smallest absolute Gasteiger partial charge is 0.276 e. The minimum Gasteiger partial charge on any atom is -0.331 e. The van der Waals surface area contributed by atoms with E-state index in [1.54, 1.807) is 18.3 Å². The highest BCUT2D eigenvalue weighted by Crippen LogP contribution is 2.50. The maximum atomic E-state index is 13.2. The van der Waals surface area contributed by atoms with Gasteiger partial charge in [0.05, 0.1) is 23.9 Å². The van der Waals surface area contributed by atoms with Crippen LogP contribution in [0.25, 0.3) is 5.69 Å². The van der Waals surface area contributed by atoms with Gasteiger partial charge in [-0.15, -0.1) is 5.10 Å². The molecule has 2 aromatic rings. The van der Waals surface area contributed by atoms with Crippen LogP contribution in [0.5, 0.6) is 0 Å². The highest BCUT2D eigenvalue weighted by molar-refractivity contribution is 6.05. The van der Waals surface area contributed by atoms with Crippen molar-refractivity contribution >= 4 is 23.6 Å². The molecule has 0 bridgehead atoms. The third kappa shape index (κ3) is 3.48. The van der Waals surface area contributed by atoms with Crippen molar-refractivity contribution < 1.29 is 19.2 Å². The molecule has 1 saturated carbocycles. The van der Waals surface area contributed by atoms with Gasteiger partial charge >= 0.3 is 0 Å². The van der Waals surface area contributed by atoms with Crippen LogP contribution in [0.4, 0.5) is 0 Å². The maximum Gasteiger partial charge on any atom is 0.276 e. The lowest BCUT2D eigenvalue weighted by atomic mass is 9.90. The number of rotatable bonds is 3. The van der Waals surface area contributed by atoms with Crippen molar-refractivity contribution in [3.63, 3.8) is 0 Å². The third-order valence-electron chi connectivity index (χ3n) is 7.64. The topological polar surface area (TPSA) is 141 Å². The summed E-state index contributed by atoms with van der Waals surface area (Å²) in [5, 5.41) is 19.8. The van der Waals surface area contributed by atoms with Crippen LogP contribution in [0.1, 0.15) is 64.9 Å². The van der Waals surface area contributed by atoms with E-state index in [2.05, 4.69) is 21.7 Å². The molecule has 2 saturated heterocycles. The summed E-state index contributed by atoms with van der Waals surface area (Å²) in [6.45, 7) is 0.829. The first kappa shape index (κ1) is 21.5. The minimum atomic E-state index is -0.674. The molecular formula is C24H23N7O4. The summed E-state index contributed by atoms with van der Waals surface area (Å²) in [6.07, 6.45) is 5.25. The van der Waals surface area contributed by atoms with E-state index < -0.39 is 11.9 Å². The van der Waals surface area contributed by atoms with Gasteiger partial charge in [0.2, 0.25) is 11.8 Å². The van der Waals surface area contributed by atoms with Gasteiger partial charge in [0.15, 0.2) is 5.69 Å². The predicted molar refractivity (Wildman–Crippen MR) is 119 cm³/mol. The van der Waals surface area contributed by atoms with E-state index in [-0.39, 0.29) is 41.3 Å². The van der Waals surface area contributed by atoms with E-state index in [1.165, 1.54) is 9.58 Å². The molecule has 11 heteroatoms. The predicted octanol–water partition coefficient (Wildman–Crippen LogP) is 0.937. The number of piperidine rings is 2. The van der Waals surface area contributed by atoms with Gasteiger partial charge < -0.3 is 9.80 Å². The average molecular weight is 473 g/mol. The fourth-order valence-electron chi connectivity index (χ4n) is 5.55. The van der Waals surface area contributed by atoms with Gasteiger partial charge in [-0.1, -0.05) is 11.3 Å². The number of nitrogens with zero attached hydrogens (tertiary/aromatic N) is 6. The monoisotopic (exact) mass is 473 g/mol. The minimum absolute atomic E-state index is 0.0130. The summed E-state index contributed by atoms with van der Waals surface area (Å²) in [5.74, 6) is -1.25. The van der Waals surface area contributed by atoms with E-state index >= 15 is 0 Å². The largest absolute Gasteiger partial charge is 0.331 e. The quantitative estimate of drug-likeness (QED) is 0.654. The van der Waals surface area contributed by atoms with Crippen molar-refractivity contribution in [1.29, 1.82) is 5.26 Å². The van der Waals surface area contributed by atoms with E-state index in [4.69, 9.17) is 0 Å². The van der Waals surface area contributed by atoms with Crippen LogP contribution in [-0.4, -0.2) is 66.5 Å². The molecule has 3 fully saturated rings. The molecule has 1 N–H and O–H groups in total. The van der Waals surface area contributed by atoms with Gasteiger partial charge in [0, 0.05) is 30.6 Å². The molecule has 35 heavy (non-hydrogen) atoms. The van der Waals surface area contributed by atoms with Crippen molar-refractivity contribution in [1.82, 2.24) is 30.1 Å². The van der Waals surface area contributed by atoms with Crippen molar-refractivity contribution in [2.45, 2.75) is 56.7 Å². The van der Waals surface area contributed by atoms with Gasteiger partial charge in [0.25, 0.3) is 11.8 Å². The van der Waals surface area contributed by atoms with Gasteiger partial charge in [0.1, 0.15) is 6.04 Å². The highest BCUT2D eigenvalue weighted by Gasteiger charge is 2.53. The SMILES string of the molecule is N#CC1CCN(C(=O)c2cn(-c3ccc4c(c3)C(=O)N(C3CCC(=O)NC3=O)C4)nn2)C2(CC2)C1. The summed E-state index contributed by atoms with van der Waals surface area (Å²) in [4.78, 5) is 53.4. The third-order valence-corrected chi connectivity index (χ3v) is 7.64. The van der Waals surface area contributed by atoms with Crippen LogP contribution in [0.2, 0.25) is 0 Å². The van der Waals surface area contributed by atoms with Crippen LogP contribution < -0.4 is 5.32 Å². The van der Waals surface area contributed by atoms with Crippen molar-refractivity contribution in [3.8, 4) is 11.8 Å². The molecule has 1 aliphatic carbocycles. The van der Waals surface area contributed by atoms with Crippen molar-refractivity contribution in [3.05, 3.63) is 41.2 Å². The zero-order valence-electron chi connectivity index (χ0n) is 18.9. The first-order valence-electron chi connectivity index (χ1n) is 11.8. The lowest BCUT2D eigenvalue weighted by Gasteiger charge is -2.37. The van der Waals surface area contributed by atoms with Gasteiger partial charge in [-0.2, -0.15) is 5.26 Å². The van der Waals surface area contributed by atoms with Gasteiger partial charge in [-0.25, -0.2) is 4.68 Å². The number of hydrogen-bond acceptors (Lipinski definition) is 7. The number of hydrogen-bond donors (Lipinski definition) is 1. The summed E-state index contributed by atoms with van der Waals surface area (Å²) < 4.78 is 1.47. The molecule has 4 aliphatic rings. The lowest BCUT2D eigenvalue weighted by molar-refractivity contribution is -0.136. The summed E-state index contributed by atoms with van der Waals surface area (Å²) in [5.41, 5.74) is 1.84. The zero-order valence-corrected chi connectivity index (χ0v) is 18.9.